The molecule has 0 atom stereocenters. The number of carboxylic acids is 1. The van der Waals surface area contributed by atoms with E-state index in [1.807, 2.05) is 6.07 Å². The molecule has 0 bridgehead atoms. The number of aromatic carboxylic acids is 1. The number of aromatic hydroxyl groups is 2. The fourth-order valence-electron chi connectivity index (χ4n) is 2.30. The summed E-state index contributed by atoms with van der Waals surface area (Å²) in [5, 5.41) is 29.2. The Morgan fingerprint density at radius 1 is 1.12 bits per heavy atom. The van der Waals surface area contributed by atoms with Gasteiger partial charge in [-0.25, -0.2) is 4.79 Å². The van der Waals surface area contributed by atoms with Crippen LogP contribution in [0.2, 0.25) is 0 Å². The second-order valence-corrected chi connectivity index (χ2v) is 6.77. The van der Waals surface area contributed by atoms with Crippen LogP contribution in [-0.2, 0) is 5.41 Å². The van der Waals surface area contributed by atoms with Crippen LogP contribution in [0.1, 0.15) is 47.8 Å². The number of phenols is 2. The van der Waals surface area contributed by atoms with Gasteiger partial charge in [0, 0.05) is 11.8 Å². The molecule has 5 nitrogen and oxygen atoms in total. The zero-order valence-electron chi connectivity index (χ0n) is 14.2. The van der Waals surface area contributed by atoms with Gasteiger partial charge in [0.05, 0.1) is 0 Å². The number of aryl methyl sites for hydroxylation is 1. The van der Waals surface area contributed by atoms with Gasteiger partial charge in [-0.1, -0.05) is 26.8 Å². The number of hydrogen-bond acceptors (Lipinski definition) is 4. The molecular formula is C19H21NO4. The minimum Gasteiger partial charge on any atom is -0.506 e. The normalized spacial score (nSPS) is 11.8. The highest BCUT2D eigenvalue weighted by atomic mass is 16.4. The number of nitrogens with zero attached hydrogens (tertiary/aromatic N) is 1. The second-order valence-electron chi connectivity index (χ2n) is 6.77. The Labute approximate surface area is 140 Å². The van der Waals surface area contributed by atoms with Crippen molar-refractivity contribution in [3.8, 4) is 11.5 Å². The van der Waals surface area contributed by atoms with Crippen molar-refractivity contribution in [2.75, 3.05) is 0 Å². The highest BCUT2D eigenvalue weighted by Gasteiger charge is 2.16. The summed E-state index contributed by atoms with van der Waals surface area (Å²) in [5.74, 6) is -1.53. The lowest BCUT2D eigenvalue weighted by molar-refractivity contribution is 0.0693. The molecule has 0 saturated carbocycles. The Balaban J connectivity index is 2.47. The van der Waals surface area contributed by atoms with E-state index in [1.165, 1.54) is 12.3 Å². The molecule has 0 radical (unpaired) electrons. The van der Waals surface area contributed by atoms with E-state index < -0.39 is 5.97 Å². The van der Waals surface area contributed by atoms with Crippen molar-refractivity contribution in [1.82, 2.24) is 0 Å². The lowest BCUT2D eigenvalue weighted by Gasteiger charge is -2.19. The van der Waals surface area contributed by atoms with Gasteiger partial charge < -0.3 is 15.3 Å². The van der Waals surface area contributed by atoms with Crippen molar-refractivity contribution in [3.63, 3.8) is 0 Å². The Morgan fingerprint density at radius 2 is 1.79 bits per heavy atom. The lowest BCUT2D eigenvalue weighted by Crippen LogP contribution is -2.10. The van der Waals surface area contributed by atoms with Crippen LogP contribution in [0.3, 0.4) is 0 Å². The van der Waals surface area contributed by atoms with E-state index in [1.54, 1.807) is 25.1 Å². The maximum atomic E-state index is 11.2. The molecule has 2 rings (SSSR count). The molecule has 0 aliphatic carbocycles. The molecule has 0 aromatic heterocycles. The number of hydrogen-bond donors (Lipinski definition) is 3. The SMILES string of the molecule is Cc1cc(C=Nc2cc(C(C)(C)C)ccc2O)c(O)c(C(=O)O)c1. The molecule has 0 amide bonds. The molecule has 0 aliphatic rings. The molecular weight excluding hydrogens is 306 g/mol. The van der Waals surface area contributed by atoms with Gasteiger partial charge >= 0.3 is 5.97 Å². The van der Waals surface area contributed by atoms with Crippen LogP contribution in [0.15, 0.2) is 35.3 Å². The minimum absolute atomic E-state index is 0.0184. The van der Waals surface area contributed by atoms with Crippen LogP contribution in [0, 0.1) is 6.92 Å². The van der Waals surface area contributed by atoms with Crippen LogP contribution in [0.4, 0.5) is 5.69 Å². The smallest absolute Gasteiger partial charge is 0.339 e. The molecule has 0 fully saturated rings. The maximum absolute atomic E-state index is 11.2. The molecule has 0 saturated heterocycles. The Bertz CT molecular complexity index is 817. The van der Waals surface area contributed by atoms with Crippen molar-refractivity contribution < 1.29 is 20.1 Å². The van der Waals surface area contributed by atoms with E-state index in [9.17, 15) is 15.0 Å². The second kappa shape index (κ2) is 6.35. The zero-order chi connectivity index (χ0) is 18.1. The summed E-state index contributed by atoms with van der Waals surface area (Å²) in [6.07, 6.45) is 1.36. The first kappa shape index (κ1) is 17.5. The van der Waals surface area contributed by atoms with Crippen LogP contribution in [-0.4, -0.2) is 27.5 Å². The molecule has 2 aromatic carbocycles. The number of phenolic OH excluding ortho intramolecular Hbond substituents is 1. The van der Waals surface area contributed by atoms with Crippen LogP contribution in [0.5, 0.6) is 11.5 Å². The number of carbonyl (C=O) groups is 1. The zero-order valence-corrected chi connectivity index (χ0v) is 14.2. The third-order valence-corrected chi connectivity index (χ3v) is 3.70. The first-order valence-electron chi connectivity index (χ1n) is 7.54. The van der Waals surface area contributed by atoms with Crippen LogP contribution >= 0.6 is 0 Å². The fourth-order valence-corrected chi connectivity index (χ4v) is 2.30. The van der Waals surface area contributed by atoms with Crippen LogP contribution in [0.25, 0.3) is 0 Å². The van der Waals surface area contributed by atoms with E-state index in [4.69, 9.17) is 5.11 Å². The summed E-state index contributed by atoms with van der Waals surface area (Å²) >= 11 is 0. The van der Waals surface area contributed by atoms with E-state index in [2.05, 4.69) is 25.8 Å². The predicted molar refractivity (Wildman–Crippen MR) is 93.9 cm³/mol. The summed E-state index contributed by atoms with van der Waals surface area (Å²) in [5.41, 5.74) is 2.07. The molecule has 2 aromatic rings. The molecule has 0 spiro atoms. The quantitative estimate of drug-likeness (QED) is 0.739. The average molecular weight is 327 g/mol. The third-order valence-electron chi connectivity index (χ3n) is 3.70. The fraction of sp³-hybridized carbons (Fsp3) is 0.263. The third kappa shape index (κ3) is 3.74. The topological polar surface area (TPSA) is 90.1 Å². The number of aliphatic imine (C=N–C) groups is 1. The molecule has 5 heteroatoms. The van der Waals surface area contributed by atoms with Gasteiger partial charge in [-0.15, -0.1) is 0 Å². The average Bonchev–Trinajstić information content (AvgIpc) is 2.47. The highest BCUT2D eigenvalue weighted by Crippen LogP contribution is 2.33. The monoisotopic (exact) mass is 327 g/mol. The maximum Gasteiger partial charge on any atom is 0.339 e. The molecule has 0 aliphatic heterocycles. The van der Waals surface area contributed by atoms with Crippen molar-refractivity contribution in [2.24, 2.45) is 4.99 Å². The molecule has 24 heavy (non-hydrogen) atoms. The number of benzene rings is 2. The summed E-state index contributed by atoms with van der Waals surface area (Å²) in [7, 11) is 0. The Hall–Kier alpha value is -2.82. The molecule has 3 N–H and O–H groups in total. The molecule has 0 heterocycles. The Kier molecular flexibility index (Phi) is 4.64. The minimum atomic E-state index is -1.21. The first-order chi connectivity index (χ1) is 11.1. The Morgan fingerprint density at radius 3 is 2.38 bits per heavy atom. The summed E-state index contributed by atoms with van der Waals surface area (Å²) in [6, 6.07) is 8.21. The van der Waals surface area contributed by atoms with Gasteiger partial charge in [0.25, 0.3) is 0 Å². The van der Waals surface area contributed by atoms with E-state index in [0.717, 1.165) is 5.56 Å². The standard InChI is InChI=1S/C19H21NO4/c1-11-7-12(17(22)14(8-11)18(23)24)10-20-15-9-13(19(2,3)4)5-6-16(15)21/h5-10,21-22H,1-4H3,(H,23,24). The van der Waals surface area contributed by atoms with Gasteiger partial charge in [-0.05, 0) is 47.7 Å². The van der Waals surface area contributed by atoms with E-state index in [0.29, 0.717) is 11.3 Å². The van der Waals surface area contributed by atoms with Crippen molar-refractivity contribution in [3.05, 3.63) is 52.6 Å². The van der Waals surface area contributed by atoms with Crippen molar-refractivity contribution in [2.45, 2.75) is 33.1 Å². The number of carboxylic acid groups (broad SMARTS) is 1. The van der Waals surface area contributed by atoms with E-state index in [-0.39, 0.29) is 28.0 Å². The molecule has 126 valence electrons. The predicted octanol–water partition coefficient (Wildman–Crippen LogP) is 4.15. The van der Waals surface area contributed by atoms with Gasteiger partial charge in [0.15, 0.2) is 0 Å². The van der Waals surface area contributed by atoms with Crippen molar-refractivity contribution in [1.29, 1.82) is 0 Å². The first-order valence-corrected chi connectivity index (χ1v) is 7.54. The van der Waals surface area contributed by atoms with Crippen molar-refractivity contribution >= 4 is 17.9 Å². The van der Waals surface area contributed by atoms with E-state index >= 15 is 0 Å². The lowest BCUT2D eigenvalue weighted by atomic mass is 9.87. The van der Waals surface area contributed by atoms with Gasteiger partial charge in [0.2, 0.25) is 0 Å². The van der Waals surface area contributed by atoms with Crippen LogP contribution < -0.4 is 0 Å². The van der Waals surface area contributed by atoms with Gasteiger partial charge in [-0.3, -0.25) is 4.99 Å². The van der Waals surface area contributed by atoms with Gasteiger partial charge in [-0.2, -0.15) is 0 Å². The summed E-state index contributed by atoms with van der Waals surface area (Å²) in [4.78, 5) is 15.4. The highest BCUT2D eigenvalue weighted by molar-refractivity contribution is 5.96. The van der Waals surface area contributed by atoms with Gasteiger partial charge in [0.1, 0.15) is 22.7 Å². The number of rotatable bonds is 3. The summed E-state index contributed by atoms with van der Waals surface area (Å²) < 4.78 is 0. The molecule has 0 unspecified atom stereocenters. The largest absolute Gasteiger partial charge is 0.506 e. The summed E-state index contributed by atoms with van der Waals surface area (Å²) in [6.45, 7) is 7.90.